The summed E-state index contributed by atoms with van der Waals surface area (Å²) in [5, 5.41) is 3.06. The molecule has 0 aliphatic heterocycles. The molecule has 0 radical (unpaired) electrons. The smallest absolute Gasteiger partial charge is 0.252 e. The van der Waals surface area contributed by atoms with Crippen LogP contribution in [0.15, 0.2) is 42.7 Å². The lowest BCUT2D eigenvalue weighted by Crippen LogP contribution is -2.36. The molecule has 1 amide bonds. The van der Waals surface area contributed by atoms with Gasteiger partial charge in [0.15, 0.2) is 5.82 Å². The van der Waals surface area contributed by atoms with Crippen molar-refractivity contribution in [1.29, 1.82) is 0 Å². The van der Waals surface area contributed by atoms with Gasteiger partial charge < -0.3 is 5.32 Å². The molecule has 1 aliphatic carbocycles. The summed E-state index contributed by atoms with van der Waals surface area (Å²) in [7, 11) is 0. The molecular formula is C15H15N3O. The standard InChI is InChI=1S/C15H15N3O/c1-11-3-5-12(6-4-11)13(19)18-15(7-8-15)14-16-9-2-10-17-14/h2-6,9-10H,7-8H2,1H3,(H,18,19). The Morgan fingerprint density at radius 2 is 1.79 bits per heavy atom. The Labute approximate surface area is 111 Å². The zero-order chi connectivity index (χ0) is 13.3. The van der Waals surface area contributed by atoms with Crippen LogP contribution in [0.5, 0.6) is 0 Å². The van der Waals surface area contributed by atoms with Crippen molar-refractivity contribution in [3.63, 3.8) is 0 Å². The first-order chi connectivity index (χ1) is 9.20. The molecule has 1 fully saturated rings. The summed E-state index contributed by atoms with van der Waals surface area (Å²) in [4.78, 5) is 20.7. The number of aromatic nitrogens is 2. The third-order valence-electron chi connectivity index (χ3n) is 3.41. The molecule has 4 nitrogen and oxygen atoms in total. The molecule has 1 saturated carbocycles. The van der Waals surface area contributed by atoms with Gasteiger partial charge in [-0.15, -0.1) is 0 Å². The maximum atomic E-state index is 12.2. The van der Waals surface area contributed by atoms with Crippen molar-refractivity contribution in [1.82, 2.24) is 15.3 Å². The van der Waals surface area contributed by atoms with E-state index < -0.39 is 0 Å². The van der Waals surface area contributed by atoms with Gasteiger partial charge in [-0.1, -0.05) is 17.7 Å². The van der Waals surface area contributed by atoms with Gasteiger partial charge in [0.1, 0.15) is 5.54 Å². The summed E-state index contributed by atoms with van der Waals surface area (Å²) in [6.07, 6.45) is 5.21. The number of amides is 1. The topological polar surface area (TPSA) is 54.9 Å². The molecule has 0 saturated heterocycles. The number of carbonyl (C=O) groups is 1. The molecule has 1 heterocycles. The zero-order valence-electron chi connectivity index (χ0n) is 10.8. The summed E-state index contributed by atoms with van der Waals surface area (Å²) < 4.78 is 0. The maximum Gasteiger partial charge on any atom is 0.252 e. The molecule has 1 aromatic heterocycles. The van der Waals surface area contributed by atoms with Gasteiger partial charge in [0.05, 0.1) is 0 Å². The molecule has 0 spiro atoms. The largest absolute Gasteiger partial charge is 0.339 e. The molecule has 19 heavy (non-hydrogen) atoms. The van der Waals surface area contributed by atoms with E-state index in [1.807, 2.05) is 31.2 Å². The van der Waals surface area contributed by atoms with Crippen molar-refractivity contribution in [3.05, 3.63) is 59.7 Å². The monoisotopic (exact) mass is 253 g/mol. The van der Waals surface area contributed by atoms with Gasteiger partial charge in [-0.3, -0.25) is 4.79 Å². The predicted octanol–water partition coefficient (Wildman–Crippen LogP) is 2.20. The minimum Gasteiger partial charge on any atom is -0.339 e. The van der Waals surface area contributed by atoms with Crippen LogP contribution in [-0.4, -0.2) is 15.9 Å². The number of nitrogens with one attached hydrogen (secondary N) is 1. The summed E-state index contributed by atoms with van der Waals surface area (Å²) in [5.41, 5.74) is 1.46. The molecule has 1 N–H and O–H groups in total. The van der Waals surface area contributed by atoms with Crippen molar-refractivity contribution in [2.45, 2.75) is 25.3 Å². The number of hydrogen-bond donors (Lipinski definition) is 1. The van der Waals surface area contributed by atoms with E-state index in [4.69, 9.17) is 0 Å². The average molecular weight is 253 g/mol. The highest BCUT2D eigenvalue weighted by Gasteiger charge is 2.48. The van der Waals surface area contributed by atoms with Gasteiger partial charge in [-0.05, 0) is 38.0 Å². The van der Waals surface area contributed by atoms with Crippen LogP contribution in [0.2, 0.25) is 0 Å². The minimum atomic E-state index is -0.358. The second-order valence-electron chi connectivity index (χ2n) is 4.97. The first-order valence-corrected chi connectivity index (χ1v) is 6.36. The van der Waals surface area contributed by atoms with E-state index in [0.717, 1.165) is 18.4 Å². The lowest BCUT2D eigenvalue weighted by molar-refractivity contribution is 0.0928. The van der Waals surface area contributed by atoms with E-state index >= 15 is 0 Å². The SMILES string of the molecule is Cc1ccc(C(=O)NC2(c3ncccn3)CC2)cc1. The van der Waals surface area contributed by atoms with Crippen LogP contribution < -0.4 is 5.32 Å². The van der Waals surface area contributed by atoms with E-state index in [-0.39, 0.29) is 11.4 Å². The first-order valence-electron chi connectivity index (χ1n) is 6.36. The van der Waals surface area contributed by atoms with E-state index in [1.54, 1.807) is 18.5 Å². The third kappa shape index (κ3) is 2.34. The highest BCUT2D eigenvalue weighted by molar-refractivity contribution is 5.95. The Balaban J connectivity index is 1.78. The molecule has 0 bridgehead atoms. The van der Waals surface area contributed by atoms with Crippen molar-refractivity contribution in [2.24, 2.45) is 0 Å². The fourth-order valence-electron chi connectivity index (χ4n) is 2.07. The number of rotatable bonds is 3. The number of hydrogen-bond acceptors (Lipinski definition) is 3. The first kappa shape index (κ1) is 11.8. The van der Waals surface area contributed by atoms with Crippen molar-refractivity contribution in [2.75, 3.05) is 0 Å². The summed E-state index contributed by atoms with van der Waals surface area (Å²) >= 11 is 0. The van der Waals surface area contributed by atoms with Crippen molar-refractivity contribution >= 4 is 5.91 Å². The van der Waals surface area contributed by atoms with Gasteiger partial charge >= 0.3 is 0 Å². The molecule has 2 aromatic rings. The maximum absolute atomic E-state index is 12.2. The average Bonchev–Trinajstić information content (AvgIpc) is 3.21. The number of nitrogens with zero attached hydrogens (tertiary/aromatic N) is 2. The van der Waals surface area contributed by atoms with Crippen LogP contribution in [0.1, 0.15) is 34.6 Å². The van der Waals surface area contributed by atoms with Crippen LogP contribution in [0.25, 0.3) is 0 Å². The van der Waals surface area contributed by atoms with Crippen LogP contribution in [-0.2, 0) is 5.54 Å². The number of carbonyl (C=O) groups excluding carboxylic acids is 1. The van der Waals surface area contributed by atoms with Gasteiger partial charge in [-0.2, -0.15) is 0 Å². The molecule has 4 heteroatoms. The molecule has 0 atom stereocenters. The second kappa shape index (κ2) is 4.46. The van der Waals surface area contributed by atoms with Gasteiger partial charge in [-0.25, -0.2) is 9.97 Å². The molecule has 1 aromatic carbocycles. The molecule has 1 aliphatic rings. The molecule has 3 rings (SSSR count). The molecular weight excluding hydrogens is 238 g/mol. The van der Waals surface area contributed by atoms with Crippen molar-refractivity contribution < 1.29 is 4.79 Å². The predicted molar refractivity (Wildman–Crippen MR) is 71.6 cm³/mol. The van der Waals surface area contributed by atoms with Gasteiger partial charge in [0.2, 0.25) is 0 Å². The Kier molecular flexibility index (Phi) is 2.78. The highest BCUT2D eigenvalue weighted by atomic mass is 16.1. The normalized spacial score (nSPS) is 15.8. The second-order valence-corrected chi connectivity index (χ2v) is 4.97. The third-order valence-corrected chi connectivity index (χ3v) is 3.41. The molecule has 96 valence electrons. The van der Waals surface area contributed by atoms with Crippen LogP contribution in [0, 0.1) is 6.92 Å². The van der Waals surface area contributed by atoms with Gasteiger partial charge in [0, 0.05) is 18.0 Å². The summed E-state index contributed by atoms with van der Waals surface area (Å²) in [6.45, 7) is 2.00. The van der Waals surface area contributed by atoms with E-state index in [1.165, 1.54) is 0 Å². The Morgan fingerprint density at radius 3 is 2.37 bits per heavy atom. The summed E-state index contributed by atoms with van der Waals surface area (Å²) in [5.74, 6) is 0.639. The van der Waals surface area contributed by atoms with Crippen LogP contribution >= 0.6 is 0 Å². The number of benzene rings is 1. The Morgan fingerprint density at radius 1 is 1.16 bits per heavy atom. The van der Waals surface area contributed by atoms with E-state index in [2.05, 4.69) is 15.3 Å². The van der Waals surface area contributed by atoms with E-state index in [0.29, 0.717) is 11.4 Å². The fraction of sp³-hybridized carbons (Fsp3) is 0.267. The summed E-state index contributed by atoms with van der Waals surface area (Å²) in [6, 6.07) is 9.33. The van der Waals surface area contributed by atoms with Crippen LogP contribution in [0.3, 0.4) is 0 Å². The fourth-order valence-corrected chi connectivity index (χ4v) is 2.07. The van der Waals surface area contributed by atoms with Gasteiger partial charge in [0.25, 0.3) is 5.91 Å². The highest BCUT2D eigenvalue weighted by Crippen LogP contribution is 2.43. The Bertz CT molecular complexity index is 589. The number of aryl methyl sites for hydroxylation is 1. The molecule has 0 unspecified atom stereocenters. The van der Waals surface area contributed by atoms with E-state index in [9.17, 15) is 4.79 Å². The quantitative estimate of drug-likeness (QED) is 0.912. The van der Waals surface area contributed by atoms with Crippen molar-refractivity contribution in [3.8, 4) is 0 Å². The lowest BCUT2D eigenvalue weighted by atomic mass is 10.1. The Hall–Kier alpha value is -2.23. The lowest BCUT2D eigenvalue weighted by Gasteiger charge is -2.15. The minimum absolute atomic E-state index is 0.0649. The zero-order valence-corrected chi connectivity index (χ0v) is 10.8. The van der Waals surface area contributed by atoms with Crippen LogP contribution in [0.4, 0.5) is 0 Å².